The van der Waals surface area contributed by atoms with Gasteiger partial charge in [-0.15, -0.1) is 0 Å². The lowest BCUT2D eigenvalue weighted by Crippen LogP contribution is -2.33. The van der Waals surface area contributed by atoms with Gasteiger partial charge in [0.2, 0.25) is 0 Å². The van der Waals surface area contributed by atoms with Gasteiger partial charge in [0.15, 0.2) is 0 Å². The SMILES string of the molecule is CCc1ccc2c(c1)N(S(=O)(=O)C(F)F)CC2. The minimum absolute atomic E-state index is 0.106. The van der Waals surface area contributed by atoms with E-state index in [1.165, 1.54) is 0 Å². The predicted octanol–water partition coefficient (Wildman–Crippen LogP) is 2.16. The smallest absolute Gasteiger partial charge is 0.265 e. The van der Waals surface area contributed by atoms with Gasteiger partial charge in [-0.2, -0.15) is 8.78 Å². The molecule has 0 saturated heterocycles. The van der Waals surface area contributed by atoms with Crippen molar-refractivity contribution in [2.24, 2.45) is 0 Å². The molecule has 0 atom stereocenters. The number of rotatable bonds is 3. The fraction of sp³-hybridized carbons (Fsp3) is 0.455. The summed E-state index contributed by atoms with van der Waals surface area (Å²) < 4.78 is 48.8. The molecule has 0 amide bonds. The fourth-order valence-corrected chi connectivity index (χ4v) is 2.96. The van der Waals surface area contributed by atoms with Crippen LogP contribution < -0.4 is 4.31 Å². The maximum absolute atomic E-state index is 12.5. The number of aryl methyl sites for hydroxylation is 1. The number of anilines is 1. The van der Waals surface area contributed by atoms with Crippen molar-refractivity contribution in [2.45, 2.75) is 25.5 Å². The molecule has 0 unspecified atom stereocenters. The van der Waals surface area contributed by atoms with Crippen LogP contribution in [-0.4, -0.2) is 20.7 Å². The van der Waals surface area contributed by atoms with E-state index in [4.69, 9.17) is 0 Å². The van der Waals surface area contributed by atoms with E-state index in [1.54, 1.807) is 6.07 Å². The van der Waals surface area contributed by atoms with Gasteiger partial charge in [-0.25, -0.2) is 8.42 Å². The van der Waals surface area contributed by atoms with Crippen LogP contribution in [-0.2, 0) is 22.9 Å². The molecule has 0 radical (unpaired) electrons. The Hall–Kier alpha value is -1.17. The monoisotopic (exact) mass is 261 g/mol. The number of hydrogen-bond acceptors (Lipinski definition) is 2. The number of fused-ring (bicyclic) bond motifs is 1. The first-order valence-corrected chi connectivity index (χ1v) is 6.88. The molecule has 1 aromatic rings. The Morgan fingerprint density at radius 3 is 2.71 bits per heavy atom. The van der Waals surface area contributed by atoms with Crippen LogP contribution in [0.1, 0.15) is 18.1 Å². The Bertz CT molecular complexity index is 528. The highest BCUT2D eigenvalue weighted by Gasteiger charge is 2.36. The van der Waals surface area contributed by atoms with Crippen molar-refractivity contribution < 1.29 is 17.2 Å². The molecule has 6 heteroatoms. The van der Waals surface area contributed by atoms with Crippen molar-refractivity contribution in [3.8, 4) is 0 Å². The topological polar surface area (TPSA) is 37.4 Å². The zero-order valence-corrected chi connectivity index (χ0v) is 10.2. The summed E-state index contributed by atoms with van der Waals surface area (Å²) in [5, 5.41) is 0. The van der Waals surface area contributed by atoms with Crippen LogP contribution in [0, 0.1) is 0 Å². The highest BCUT2D eigenvalue weighted by atomic mass is 32.2. The minimum Gasteiger partial charge on any atom is -0.265 e. The molecule has 1 heterocycles. The van der Waals surface area contributed by atoms with Crippen molar-refractivity contribution in [1.29, 1.82) is 0 Å². The molecule has 1 aliphatic heterocycles. The summed E-state index contributed by atoms with van der Waals surface area (Å²) in [7, 11) is -4.52. The van der Waals surface area contributed by atoms with E-state index in [0.29, 0.717) is 12.1 Å². The molecular weight excluding hydrogens is 248 g/mol. The average molecular weight is 261 g/mol. The molecule has 17 heavy (non-hydrogen) atoms. The predicted molar refractivity (Wildman–Crippen MR) is 61.8 cm³/mol. The molecule has 0 spiro atoms. The van der Waals surface area contributed by atoms with Crippen molar-refractivity contribution in [3.05, 3.63) is 29.3 Å². The lowest BCUT2D eigenvalue weighted by atomic mass is 10.1. The zero-order valence-electron chi connectivity index (χ0n) is 9.36. The summed E-state index contributed by atoms with van der Waals surface area (Å²) in [6.45, 7) is 2.04. The molecule has 0 aliphatic carbocycles. The second kappa shape index (κ2) is 4.25. The van der Waals surface area contributed by atoms with Gasteiger partial charge in [-0.1, -0.05) is 19.1 Å². The van der Waals surface area contributed by atoms with Gasteiger partial charge >= 0.3 is 5.76 Å². The third-order valence-electron chi connectivity index (χ3n) is 2.94. The molecule has 3 nitrogen and oxygen atoms in total. The van der Waals surface area contributed by atoms with Crippen LogP contribution in [0.25, 0.3) is 0 Å². The van der Waals surface area contributed by atoms with E-state index in [2.05, 4.69) is 0 Å². The summed E-state index contributed by atoms with van der Waals surface area (Å²) in [6.07, 6.45) is 1.24. The number of halogens is 2. The first-order valence-electron chi connectivity index (χ1n) is 5.38. The van der Waals surface area contributed by atoms with Gasteiger partial charge in [-0.3, -0.25) is 4.31 Å². The van der Waals surface area contributed by atoms with E-state index >= 15 is 0 Å². The fourth-order valence-electron chi connectivity index (χ4n) is 1.98. The number of nitrogens with zero attached hydrogens (tertiary/aromatic N) is 1. The second-order valence-electron chi connectivity index (χ2n) is 3.94. The number of hydrogen-bond donors (Lipinski definition) is 0. The van der Waals surface area contributed by atoms with Gasteiger partial charge in [0.25, 0.3) is 10.0 Å². The molecular formula is C11H13F2NO2S. The molecule has 0 saturated carbocycles. The van der Waals surface area contributed by atoms with Gasteiger partial charge in [0.05, 0.1) is 5.69 Å². The molecule has 0 aromatic heterocycles. The number of alkyl halides is 2. The third kappa shape index (κ3) is 2.01. The Kier molecular flexibility index (Phi) is 3.07. The molecule has 1 aliphatic rings. The largest absolute Gasteiger partial charge is 0.355 e. The highest BCUT2D eigenvalue weighted by Crippen LogP contribution is 2.33. The zero-order chi connectivity index (χ0) is 12.6. The molecule has 0 N–H and O–H groups in total. The summed E-state index contributed by atoms with van der Waals surface area (Å²) in [4.78, 5) is 0. The molecule has 0 fully saturated rings. The van der Waals surface area contributed by atoms with E-state index in [1.807, 2.05) is 19.1 Å². The Morgan fingerprint density at radius 1 is 1.41 bits per heavy atom. The van der Waals surface area contributed by atoms with Crippen molar-refractivity contribution >= 4 is 15.7 Å². The Labute approximate surface area is 99.1 Å². The Balaban J connectivity index is 2.46. The average Bonchev–Trinajstić information content (AvgIpc) is 2.71. The van der Waals surface area contributed by atoms with E-state index < -0.39 is 15.8 Å². The maximum atomic E-state index is 12.5. The normalized spacial score (nSPS) is 15.4. The van der Waals surface area contributed by atoms with Crippen LogP contribution in [0.2, 0.25) is 0 Å². The third-order valence-corrected chi connectivity index (χ3v) is 4.39. The molecule has 0 bridgehead atoms. The van der Waals surface area contributed by atoms with Crippen LogP contribution >= 0.6 is 0 Å². The van der Waals surface area contributed by atoms with E-state index in [-0.39, 0.29) is 6.54 Å². The minimum atomic E-state index is -4.52. The van der Waals surface area contributed by atoms with Crippen LogP contribution in [0.3, 0.4) is 0 Å². The standard InChI is InChI=1S/C11H13F2NO2S/c1-2-8-3-4-9-5-6-14(10(9)7-8)17(15,16)11(12)13/h3-4,7,11H,2,5-6H2,1H3. The number of sulfonamides is 1. The van der Waals surface area contributed by atoms with Gasteiger partial charge < -0.3 is 0 Å². The van der Waals surface area contributed by atoms with Crippen molar-refractivity contribution in [1.82, 2.24) is 0 Å². The van der Waals surface area contributed by atoms with Crippen molar-refractivity contribution in [2.75, 3.05) is 10.8 Å². The molecule has 2 rings (SSSR count). The van der Waals surface area contributed by atoms with E-state index in [0.717, 1.165) is 21.9 Å². The first-order chi connectivity index (χ1) is 7.96. The summed E-state index contributed by atoms with van der Waals surface area (Å²) in [5.74, 6) is -3.36. The van der Waals surface area contributed by atoms with Gasteiger partial charge in [0, 0.05) is 6.54 Å². The summed E-state index contributed by atoms with van der Waals surface area (Å²) in [6, 6.07) is 5.40. The lowest BCUT2D eigenvalue weighted by molar-refractivity contribution is 0.234. The Morgan fingerprint density at radius 2 is 2.12 bits per heavy atom. The lowest BCUT2D eigenvalue weighted by Gasteiger charge is -2.19. The van der Waals surface area contributed by atoms with Gasteiger partial charge in [0.1, 0.15) is 0 Å². The van der Waals surface area contributed by atoms with Crippen LogP contribution in [0.4, 0.5) is 14.5 Å². The summed E-state index contributed by atoms with van der Waals surface area (Å²) >= 11 is 0. The van der Waals surface area contributed by atoms with E-state index in [9.17, 15) is 17.2 Å². The first kappa shape index (κ1) is 12.3. The number of benzene rings is 1. The second-order valence-corrected chi connectivity index (χ2v) is 5.77. The molecule has 94 valence electrons. The van der Waals surface area contributed by atoms with Crippen molar-refractivity contribution in [3.63, 3.8) is 0 Å². The summed E-state index contributed by atoms with van der Waals surface area (Å²) in [5.41, 5.74) is 2.16. The van der Waals surface area contributed by atoms with Crippen LogP contribution in [0.15, 0.2) is 18.2 Å². The maximum Gasteiger partial charge on any atom is 0.355 e. The molecule has 1 aromatic carbocycles. The van der Waals surface area contributed by atoms with Crippen LogP contribution in [0.5, 0.6) is 0 Å². The quantitative estimate of drug-likeness (QED) is 0.836. The highest BCUT2D eigenvalue weighted by molar-refractivity contribution is 7.93. The van der Waals surface area contributed by atoms with Gasteiger partial charge in [-0.05, 0) is 30.0 Å².